The van der Waals surface area contributed by atoms with Gasteiger partial charge in [-0.05, 0) is 37.7 Å². The summed E-state index contributed by atoms with van der Waals surface area (Å²) in [6.45, 7) is 8.00. The van der Waals surface area contributed by atoms with Crippen molar-refractivity contribution in [2.45, 2.75) is 45.6 Å². The van der Waals surface area contributed by atoms with Crippen LogP contribution in [0.15, 0.2) is 24.3 Å². The first-order chi connectivity index (χ1) is 11.3. The Morgan fingerprint density at radius 3 is 2.43 bits per heavy atom. The molecule has 0 aliphatic carbocycles. The maximum atomic E-state index is 6.16. The molecule has 3 nitrogen and oxygen atoms in total. The van der Waals surface area contributed by atoms with Crippen molar-refractivity contribution < 1.29 is 9.47 Å². The predicted molar refractivity (Wildman–Crippen MR) is 99.5 cm³/mol. The van der Waals surface area contributed by atoms with E-state index in [1.165, 1.54) is 44.3 Å². The van der Waals surface area contributed by atoms with Crippen molar-refractivity contribution in [2.75, 3.05) is 37.9 Å². The molecule has 1 saturated heterocycles. The zero-order valence-corrected chi connectivity index (χ0v) is 15.4. The van der Waals surface area contributed by atoms with Gasteiger partial charge in [0.05, 0.1) is 6.73 Å². The normalized spacial score (nSPS) is 17.7. The molecule has 1 aromatic rings. The molecule has 130 valence electrons. The Bertz CT molecular complexity index is 416. The molecule has 1 heterocycles. The van der Waals surface area contributed by atoms with Gasteiger partial charge in [0.15, 0.2) is 0 Å². The number of benzene rings is 1. The van der Waals surface area contributed by atoms with Crippen LogP contribution in [-0.2, 0) is 4.74 Å². The number of hydrogen-bond acceptors (Lipinski definition) is 4. The maximum Gasteiger partial charge on any atom is 0.119 e. The van der Waals surface area contributed by atoms with Crippen LogP contribution in [0.4, 0.5) is 0 Å². The van der Waals surface area contributed by atoms with Gasteiger partial charge in [0.1, 0.15) is 18.5 Å². The number of rotatable bonds is 9. The summed E-state index contributed by atoms with van der Waals surface area (Å²) in [5.74, 6) is 3.05. The van der Waals surface area contributed by atoms with Gasteiger partial charge < -0.3 is 9.47 Å². The number of ether oxygens (including phenoxy) is 2. The maximum absolute atomic E-state index is 6.16. The minimum absolute atomic E-state index is 0.157. The second-order valence-electron chi connectivity index (χ2n) is 6.23. The van der Waals surface area contributed by atoms with Gasteiger partial charge in [0.25, 0.3) is 0 Å². The van der Waals surface area contributed by atoms with Crippen LogP contribution in [0, 0.1) is 6.92 Å². The minimum atomic E-state index is 0.157. The Morgan fingerprint density at radius 2 is 1.78 bits per heavy atom. The molecule has 0 amide bonds. The summed E-state index contributed by atoms with van der Waals surface area (Å²) >= 11 is 1.92. The lowest BCUT2D eigenvalue weighted by molar-refractivity contribution is -0.0286. The molecule has 1 aliphatic rings. The Balaban J connectivity index is 1.77. The van der Waals surface area contributed by atoms with Crippen LogP contribution in [-0.4, -0.2) is 48.9 Å². The largest absolute Gasteiger partial charge is 0.491 e. The van der Waals surface area contributed by atoms with Crippen molar-refractivity contribution in [3.8, 4) is 5.75 Å². The highest BCUT2D eigenvalue weighted by molar-refractivity contribution is 7.99. The monoisotopic (exact) mass is 337 g/mol. The smallest absolute Gasteiger partial charge is 0.119 e. The lowest BCUT2D eigenvalue weighted by atomic mass is 10.2. The van der Waals surface area contributed by atoms with E-state index in [-0.39, 0.29) is 6.10 Å². The van der Waals surface area contributed by atoms with Crippen LogP contribution < -0.4 is 4.74 Å². The van der Waals surface area contributed by atoms with Gasteiger partial charge in [-0.2, -0.15) is 11.8 Å². The zero-order valence-electron chi connectivity index (χ0n) is 14.6. The summed E-state index contributed by atoms with van der Waals surface area (Å²) < 4.78 is 12.1. The molecule has 0 radical (unpaired) electrons. The molecule has 0 N–H and O–H groups in total. The van der Waals surface area contributed by atoms with E-state index in [4.69, 9.17) is 9.47 Å². The topological polar surface area (TPSA) is 21.7 Å². The highest BCUT2D eigenvalue weighted by Gasteiger charge is 2.14. The van der Waals surface area contributed by atoms with Crippen LogP contribution >= 0.6 is 11.8 Å². The Hall–Kier alpha value is -0.710. The molecule has 0 saturated carbocycles. The molecular weight excluding hydrogens is 306 g/mol. The minimum Gasteiger partial charge on any atom is -0.491 e. The lowest BCUT2D eigenvalue weighted by Gasteiger charge is -2.24. The molecule has 0 spiro atoms. The van der Waals surface area contributed by atoms with E-state index in [0.29, 0.717) is 6.61 Å². The summed E-state index contributed by atoms with van der Waals surface area (Å²) in [7, 11) is 0. The van der Waals surface area contributed by atoms with E-state index in [0.717, 1.165) is 24.0 Å². The fourth-order valence-electron chi connectivity index (χ4n) is 2.69. The van der Waals surface area contributed by atoms with Gasteiger partial charge in [-0.25, -0.2) is 0 Å². The number of likely N-dealkylation sites (tertiary alicyclic amines) is 1. The van der Waals surface area contributed by atoms with Gasteiger partial charge in [0.2, 0.25) is 0 Å². The van der Waals surface area contributed by atoms with Crippen LogP contribution in [0.25, 0.3) is 0 Å². The van der Waals surface area contributed by atoms with Gasteiger partial charge >= 0.3 is 0 Å². The van der Waals surface area contributed by atoms with E-state index in [1.54, 1.807) is 0 Å². The Kier molecular flexibility index (Phi) is 8.87. The molecule has 23 heavy (non-hydrogen) atoms. The van der Waals surface area contributed by atoms with E-state index in [9.17, 15) is 0 Å². The van der Waals surface area contributed by atoms with E-state index in [2.05, 4.69) is 30.9 Å². The SMILES string of the molecule is CCSCC(COc1ccc(C)cc1)OCN1CCCCCC1. The van der Waals surface area contributed by atoms with Gasteiger partial charge in [-0.3, -0.25) is 4.90 Å². The number of hydrogen-bond donors (Lipinski definition) is 0. The summed E-state index contributed by atoms with van der Waals surface area (Å²) in [5.41, 5.74) is 1.26. The average molecular weight is 338 g/mol. The summed E-state index contributed by atoms with van der Waals surface area (Å²) in [6, 6.07) is 8.24. The second-order valence-corrected chi connectivity index (χ2v) is 7.55. The first kappa shape index (κ1) is 18.6. The van der Waals surface area contributed by atoms with E-state index >= 15 is 0 Å². The van der Waals surface area contributed by atoms with Crippen LogP contribution in [0.5, 0.6) is 5.75 Å². The third-order valence-electron chi connectivity index (χ3n) is 4.16. The molecule has 0 bridgehead atoms. The standard InChI is InChI=1S/C19H31NO2S/c1-3-23-15-19(14-21-18-10-8-17(2)9-11-18)22-16-20-12-6-4-5-7-13-20/h8-11,19H,3-7,12-16H2,1-2H3. The first-order valence-corrected chi connectivity index (χ1v) is 10.0. The molecule has 1 fully saturated rings. The average Bonchev–Trinajstić information content (AvgIpc) is 2.84. The van der Waals surface area contributed by atoms with Crippen LogP contribution in [0.2, 0.25) is 0 Å². The highest BCUT2D eigenvalue weighted by Crippen LogP contribution is 2.15. The fourth-order valence-corrected chi connectivity index (χ4v) is 3.38. The zero-order chi connectivity index (χ0) is 16.3. The van der Waals surface area contributed by atoms with E-state index < -0.39 is 0 Å². The van der Waals surface area contributed by atoms with Crippen molar-refractivity contribution in [3.63, 3.8) is 0 Å². The quantitative estimate of drug-likeness (QED) is 0.668. The molecule has 4 heteroatoms. The molecule has 2 rings (SSSR count). The number of thioether (sulfide) groups is 1. The Labute approximate surface area is 145 Å². The molecule has 1 atom stereocenters. The molecule has 0 aromatic heterocycles. The van der Waals surface area contributed by atoms with E-state index in [1.807, 2.05) is 23.9 Å². The van der Waals surface area contributed by atoms with Crippen molar-refractivity contribution in [2.24, 2.45) is 0 Å². The number of nitrogens with zero attached hydrogens (tertiary/aromatic N) is 1. The third kappa shape index (κ3) is 7.60. The summed E-state index contributed by atoms with van der Waals surface area (Å²) in [4.78, 5) is 2.45. The van der Waals surface area contributed by atoms with Gasteiger partial charge in [-0.15, -0.1) is 0 Å². The molecule has 1 unspecified atom stereocenters. The molecule has 1 aliphatic heterocycles. The van der Waals surface area contributed by atoms with Crippen molar-refractivity contribution in [3.05, 3.63) is 29.8 Å². The summed E-state index contributed by atoms with van der Waals surface area (Å²) in [5, 5.41) is 0. The molecular formula is C19H31NO2S. The van der Waals surface area contributed by atoms with Crippen molar-refractivity contribution in [1.29, 1.82) is 0 Å². The van der Waals surface area contributed by atoms with Crippen LogP contribution in [0.1, 0.15) is 38.2 Å². The fraction of sp³-hybridized carbons (Fsp3) is 0.684. The Morgan fingerprint density at radius 1 is 1.09 bits per heavy atom. The third-order valence-corrected chi connectivity index (χ3v) is 5.17. The highest BCUT2D eigenvalue weighted by atomic mass is 32.2. The number of aryl methyl sites for hydroxylation is 1. The lowest BCUT2D eigenvalue weighted by Crippen LogP contribution is -2.33. The first-order valence-electron chi connectivity index (χ1n) is 8.89. The summed E-state index contributed by atoms with van der Waals surface area (Å²) in [6.07, 6.45) is 5.49. The predicted octanol–water partition coefficient (Wildman–Crippen LogP) is 4.35. The van der Waals surface area contributed by atoms with Crippen molar-refractivity contribution in [1.82, 2.24) is 4.90 Å². The van der Waals surface area contributed by atoms with Gasteiger partial charge in [0, 0.05) is 18.8 Å². The van der Waals surface area contributed by atoms with Crippen molar-refractivity contribution >= 4 is 11.8 Å². The van der Waals surface area contributed by atoms with Gasteiger partial charge in [-0.1, -0.05) is 37.5 Å². The second kappa shape index (κ2) is 11.0. The molecule has 1 aromatic carbocycles. The van der Waals surface area contributed by atoms with Crippen LogP contribution in [0.3, 0.4) is 0 Å².